The summed E-state index contributed by atoms with van der Waals surface area (Å²) >= 11 is 0. The molecule has 0 aromatic heterocycles. The molecular formula is C18H30O6Si2. The number of cyclic esters (lactones) is 2. The van der Waals surface area contributed by atoms with Crippen molar-refractivity contribution in [1.82, 2.24) is 0 Å². The Balaban J connectivity index is 2.43. The van der Waals surface area contributed by atoms with Gasteiger partial charge in [0.05, 0.1) is 0 Å². The Morgan fingerprint density at radius 2 is 1.08 bits per heavy atom. The number of rotatable bonds is 7. The van der Waals surface area contributed by atoms with Crippen molar-refractivity contribution >= 4 is 28.6 Å². The predicted octanol–water partition coefficient (Wildman–Crippen LogP) is 3.17. The minimum absolute atomic E-state index is 0.376. The van der Waals surface area contributed by atoms with Crippen LogP contribution < -0.4 is 0 Å². The van der Waals surface area contributed by atoms with Gasteiger partial charge < -0.3 is 18.3 Å². The number of carbonyl (C=O) groups excluding carboxylic acids is 2. The lowest BCUT2D eigenvalue weighted by molar-refractivity contribution is -0.154. The van der Waals surface area contributed by atoms with Gasteiger partial charge in [-0.05, 0) is 64.3 Å². The van der Waals surface area contributed by atoms with Gasteiger partial charge >= 0.3 is 11.9 Å². The Bertz CT molecular complexity index is 585. The van der Waals surface area contributed by atoms with Gasteiger partial charge in [-0.15, -0.1) is 0 Å². The first-order valence-electron chi connectivity index (χ1n) is 8.90. The molecule has 0 saturated carbocycles. The van der Waals surface area contributed by atoms with Crippen LogP contribution in [0, 0.1) is 0 Å². The van der Waals surface area contributed by atoms with E-state index in [1.165, 1.54) is 12.2 Å². The van der Waals surface area contributed by atoms with Gasteiger partial charge in [0, 0.05) is 12.2 Å². The van der Waals surface area contributed by atoms with Crippen LogP contribution in [0.3, 0.4) is 0 Å². The molecule has 6 nitrogen and oxygen atoms in total. The third-order valence-corrected chi connectivity index (χ3v) is 5.93. The second-order valence-corrected chi connectivity index (χ2v) is 17.8. The van der Waals surface area contributed by atoms with Gasteiger partial charge in [-0.25, -0.2) is 9.59 Å². The van der Waals surface area contributed by atoms with E-state index in [0.717, 1.165) is 11.1 Å². The first-order valence-corrected chi connectivity index (χ1v) is 15.7. The zero-order valence-corrected chi connectivity index (χ0v) is 18.9. The number of ether oxygens (including phenoxy) is 2. The monoisotopic (exact) mass is 398 g/mol. The van der Waals surface area contributed by atoms with Crippen molar-refractivity contribution in [2.75, 3.05) is 0 Å². The minimum atomic E-state index is -2.01. The number of hydrogen-bond acceptors (Lipinski definition) is 6. The molecule has 0 fully saturated rings. The molecule has 2 rings (SSSR count). The van der Waals surface area contributed by atoms with E-state index in [1.807, 2.05) is 13.8 Å². The summed E-state index contributed by atoms with van der Waals surface area (Å²) in [6.45, 7) is 16.1. The summed E-state index contributed by atoms with van der Waals surface area (Å²) in [5.41, 5.74) is 1.60. The van der Waals surface area contributed by atoms with Crippen molar-refractivity contribution in [1.29, 1.82) is 0 Å². The highest BCUT2D eigenvalue weighted by atomic mass is 28.4. The van der Waals surface area contributed by atoms with Crippen molar-refractivity contribution < 1.29 is 27.9 Å². The highest BCUT2D eigenvalue weighted by Crippen LogP contribution is 2.33. The molecule has 26 heavy (non-hydrogen) atoms. The maximum Gasteiger partial charge on any atom is 0.331 e. The van der Waals surface area contributed by atoms with Gasteiger partial charge in [-0.2, -0.15) is 0 Å². The van der Waals surface area contributed by atoms with Gasteiger partial charge in [-0.1, -0.05) is 0 Å². The molecule has 0 bridgehead atoms. The Labute approximate surface area is 157 Å². The topological polar surface area (TPSA) is 71.1 Å². The lowest BCUT2D eigenvalue weighted by atomic mass is 9.96. The lowest BCUT2D eigenvalue weighted by Crippen LogP contribution is -2.55. The first kappa shape index (κ1) is 21.1. The summed E-state index contributed by atoms with van der Waals surface area (Å²) < 4.78 is 24.0. The molecule has 2 heterocycles. The Kier molecular flexibility index (Phi) is 6.01. The number of carbonyl (C=O) groups is 2. The molecule has 0 amide bonds. The van der Waals surface area contributed by atoms with E-state index in [1.54, 1.807) is 0 Å². The van der Waals surface area contributed by atoms with Crippen LogP contribution in [0.4, 0.5) is 0 Å². The van der Waals surface area contributed by atoms with Gasteiger partial charge in [0.2, 0.25) is 0 Å². The molecule has 2 aliphatic rings. The SMILES string of the molecule is CC1=CC(=O)O[C@@H]1[C@@H](O[Si](C)(C)C)[C@H](O[Si](C)(C)C)[C@H]1OC(=O)C=C1C. The van der Waals surface area contributed by atoms with Gasteiger partial charge in [0.15, 0.2) is 28.8 Å². The van der Waals surface area contributed by atoms with Crippen LogP contribution in [0.25, 0.3) is 0 Å². The van der Waals surface area contributed by atoms with Gasteiger partial charge in [0.1, 0.15) is 12.2 Å². The largest absolute Gasteiger partial charge is 0.452 e. The van der Waals surface area contributed by atoms with Crippen molar-refractivity contribution in [2.45, 2.75) is 77.5 Å². The molecule has 0 radical (unpaired) electrons. The molecule has 0 N–H and O–H groups in total. The van der Waals surface area contributed by atoms with Crippen LogP contribution in [-0.4, -0.2) is 53.0 Å². The molecule has 0 unspecified atom stereocenters. The van der Waals surface area contributed by atoms with E-state index in [2.05, 4.69) is 39.3 Å². The average molecular weight is 399 g/mol. The quantitative estimate of drug-likeness (QED) is 0.484. The summed E-state index contributed by atoms with van der Waals surface area (Å²) in [6, 6.07) is 0. The van der Waals surface area contributed by atoms with E-state index in [4.69, 9.17) is 18.3 Å². The fourth-order valence-electron chi connectivity index (χ4n) is 3.11. The smallest absolute Gasteiger partial charge is 0.331 e. The van der Waals surface area contributed by atoms with E-state index >= 15 is 0 Å². The summed E-state index contributed by atoms with van der Waals surface area (Å²) in [5.74, 6) is -0.752. The van der Waals surface area contributed by atoms with E-state index < -0.39 is 41.1 Å². The minimum Gasteiger partial charge on any atom is -0.452 e. The van der Waals surface area contributed by atoms with Crippen LogP contribution in [0.15, 0.2) is 23.3 Å². The summed E-state index contributed by atoms with van der Waals surface area (Å²) in [7, 11) is -4.02. The lowest BCUT2D eigenvalue weighted by Gasteiger charge is -2.41. The van der Waals surface area contributed by atoms with Crippen LogP contribution in [0.2, 0.25) is 39.3 Å². The normalized spacial score (nSPS) is 26.2. The molecular weight excluding hydrogens is 368 g/mol. The summed E-state index contributed by atoms with van der Waals surface area (Å²) in [6.07, 6.45) is 0.830. The van der Waals surface area contributed by atoms with Crippen LogP contribution in [-0.2, 0) is 27.9 Å². The Morgan fingerprint density at radius 3 is 1.27 bits per heavy atom. The first-order chi connectivity index (χ1) is 11.8. The Morgan fingerprint density at radius 1 is 0.769 bits per heavy atom. The number of esters is 2. The maximum absolute atomic E-state index is 11.8. The fraction of sp³-hybridized carbons (Fsp3) is 0.667. The van der Waals surface area contributed by atoms with E-state index in [-0.39, 0.29) is 11.9 Å². The second-order valence-electron chi connectivity index (χ2n) is 8.88. The fourth-order valence-corrected chi connectivity index (χ4v) is 5.26. The van der Waals surface area contributed by atoms with Crippen LogP contribution in [0.5, 0.6) is 0 Å². The standard InChI is InChI=1S/C18H30O6Si2/c1-11-9-13(19)21-15(11)17(23-25(3,4)5)18(24-26(6,7)8)16-12(2)10-14(20)22-16/h9-10,15-18H,1-8H3/t15-,16-,17+,18+/m0/s1. The summed E-state index contributed by atoms with van der Waals surface area (Å²) in [4.78, 5) is 23.6. The molecule has 0 aromatic carbocycles. The van der Waals surface area contributed by atoms with Gasteiger partial charge in [-0.3, -0.25) is 0 Å². The van der Waals surface area contributed by atoms with Crippen molar-refractivity contribution in [3.8, 4) is 0 Å². The molecule has 4 atom stereocenters. The zero-order valence-electron chi connectivity index (χ0n) is 16.9. The van der Waals surface area contributed by atoms with Crippen LogP contribution >= 0.6 is 0 Å². The van der Waals surface area contributed by atoms with Crippen molar-refractivity contribution in [3.05, 3.63) is 23.3 Å². The zero-order chi connectivity index (χ0) is 19.9. The van der Waals surface area contributed by atoms with Gasteiger partial charge in [0.25, 0.3) is 0 Å². The molecule has 0 spiro atoms. The molecule has 2 aliphatic heterocycles. The van der Waals surface area contributed by atoms with E-state index in [9.17, 15) is 9.59 Å². The number of hydrogen-bond donors (Lipinski definition) is 0. The molecule has 0 aliphatic carbocycles. The molecule has 8 heteroatoms. The van der Waals surface area contributed by atoms with E-state index in [0.29, 0.717) is 0 Å². The molecule has 146 valence electrons. The average Bonchev–Trinajstić information content (AvgIpc) is 2.93. The summed E-state index contributed by atoms with van der Waals surface area (Å²) in [5, 5.41) is 0. The van der Waals surface area contributed by atoms with Crippen molar-refractivity contribution in [2.24, 2.45) is 0 Å². The highest BCUT2D eigenvalue weighted by Gasteiger charge is 2.47. The maximum atomic E-state index is 11.8. The second kappa shape index (κ2) is 7.42. The van der Waals surface area contributed by atoms with Crippen LogP contribution in [0.1, 0.15) is 13.8 Å². The van der Waals surface area contributed by atoms with Crippen molar-refractivity contribution in [3.63, 3.8) is 0 Å². The third-order valence-electron chi connectivity index (χ3n) is 3.97. The third kappa shape index (κ3) is 5.39. The molecule has 0 saturated heterocycles. The molecule has 0 aromatic rings. The predicted molar refractivity (Wildman–Crippen MR) is 104 cm³/mol. The Hall–Kier alpha value is -1.23. The highest BCUT2D eigenvalue weighted by molar-refractivity contribution is 6.70.